The Morgan fingerprint density at radius 2 is 1.20 bits per heavy atom. The van der Waals surface area contributed by atoms with Crippen LogP contribution in [0.25, 0.3) is 78.2 Å². The molecule has 0 unspecified atom stereocenters. The molecule has 0 radical (unpaired) electrons. The molecule has 278 valence electrons. The minimum atomic E-state index is -0.282. The smallest absolute Gasteiger partial charge is 0.144 e. The Labute approximate surface area is 330 Å². The zero-order chi connectivity index (χ0) is 39.4. The van der Waals surface area contributed by atoms with Crippen LogP contribution in [-0.2, 0) is 17.9 Å². The van der Waals surface area contributed by atoms with Gasteiger partial charge in [-0.3, -0.25) is 9.97 Å². The fourth-order valence-electron chi connectivity index (χ4n) is 7.70. The molecule has 0 spiro atoms. The number of imidazole rings is 1. The molecule has 8 rings (SSSR count). The SMILES string of the molecule is Cc1cnc(-c2cc(-c3ccccc3)cc(-c3ccc(-c4cccnc4)c4c3nc(-c3cc(C(C)(C)C)cc(C(C)(C)C)c3O)n4C)c2)cc1-c1ccccc1. The summed E-state index contributed by atoms with van der Waals surface area (Å²) in [6.45, 7) is 15.2. The third-order valence-electron chi connectivity index (χ3n) is 10.9. The number of nitrogens with zero attached hydrogens (tertiary/aromatic N) is 4. The molecule has 5 aromatic carbocycles. The monoisotopic (exact) mass is 732 g/mol. The second kappa shape index (κ2) is 14.1. The molecular formula is C51H48N4O. The lowest BCUT2D eigenvalue weighted by Crippen LogP contribution is -2.17. The van der Waals surface area contributed by atoms with E-state index in [0.29, 0.717) is 5.82 Å². The van der Waals surface area contributed by atoms with Crippen LogP contribution in [0.4, 0.5) is 0 Å². The summed E-state index contributed by atoms with van der Waals surface area (Å²) in [4.78, 5) is 15.0. The standard InChI is InChI=1S/C51H48N4O/c1-32-30-53-45(29-42(32)34-18-13-10-14-19-34)38-25-36(33-16-11-9-12-17-33)24-37(26-38)40-21-22-41(35-20-15-23-52-31-35)47-46(40)54-49(55(47)8)43-27-39(50(2,3)4)28-44(48(43)56)51(5,6)7/h9-31,56H,1-8H3. The van der Waals surface area contributed by atoms with Gasteiger partial charge in [0.25, 0.3) is 0 Å². The molecule has 5 heteroatoms. The average molecular weight is 733 g/mol. The van der Waals surface area contributed by atoms with Crippen LogP contribution >= 0.6 is 0 Å². The lowest BCUT2D eigenvalue weighted by Gasteiger charge is -2.27. The highest BCUT2D eigenvalue weighted by molar-refractivity contribution is 6.03. The molecule has 0 aliphatic heterocycles. The van der Waals surface area contributed by atoms with Gasteiger partial charge in [-0.1, -0.05) is 126 Å². The number of hydrogen-bond acceptors (Lipinski definition) is 4. The Morgan fingerprint density at radius 1 is 0.554 bits per heavy atom. The Bertz CT molecular complexity index is 2720. The van der Waals surface area contributed by atoms with E-state index in [1.54, 1.807) is 6.20 Å². The first-order valence-electron chi connectivity index (χ1n) is 19.3. The van der Waals surface area contributed by atoms with Gasteiger partial charge in [0.2, 0.25) is 0 Å². The number of phenolic OH excluding ortho intramolecular Hbond substituents is 1. The highest BCUT2D eigenvalue weighted by Gasteiger charge is 2.28. The minimum Gasteiger partial charge on any atom is -0.507 e. The fourth-order valence-corrected chi connectivity index (χ4v) is 7.70. The topological polar surface area (TPSA) is 63.8 Å². The molecule has 0 saturated carbocycles. The maximum absolute atomic E-state index is 12.1. The van der Waals surface area contributed by atoms with Crippen molar-refractivity contribution in [2.45, 2.75) is 59.3 Å². The number of aromatic hydroxyl groups is 1. The van der Waals surface area contributed by atoms with Crippen LogP contribution < -0.4 is 0 Å². The van der Waals surface area contributed by atoms with E-state index in [4.69, 9.17) is 9.97 Å². The molecule has 0 amide bonds. The summed E-state index contributed by atoms with van der Waals surface area (Å²) in [7, 11) is 2.06. The van der Waals surface area contributed by atoms with Crippen molar-refractivity contribution in [2.75, 3.05) is 0 Å². The number of phenols is 1. The summed E-state index contributed by atoms with van der Waals surface area (Å²) in [6.07, 6.45) is 5.67. The average Bonchev–Trinajstić information content (AvgIpc) is 3.54. The second-order valence-corrected chi connectivity index (χ2v) is 16.9. The van der Waals surface area contributed by atoms with Crippen LogP contribution in [-0.4, -0.2) is 24.6 Å². The van der Waals surface area contributed by atoms with Gasteiger partial charge in [-0.25, -0.2) is 4.98 Å². The van der Waals surface area contributed by atoms with Crippen LogP contribution in [0, 0.1) is 6.92 Å². The molecule has 0 bridgehead atoms. The van der Waals surface area contributed by atoms with Gasteiger partial charge < -0.3 is 9.67 Å². The Hall–Kier alpha value is -6.33. The van der Waals surface area contributed by atoms with Gasteiger partial charge in [0, 0.05) is 53.5 Å². The van der Waals surface area contributed by atoms with Crippen molar-refractivity contribution in [2.24, 2.45) is 7.05 Å². The number of aryl methyl sites for hydroxylation is 2. The van der Waals surface area contributed by atoms with Gasteiger partial charge in [0.1, 0.15) is 11.6 Å². The minimum absolute atomic E-state index is 0.141. The molecule has 56 heavy (non-hydrogen) atoms. The summed E-state index contributed by atoms with van der Waals surface area (Å²) < 4.78 is 2.14. The number of rotatable bonds is 6. The van der Waals surface area contributed by atoms with Gasteiger partial charge in [-0.05, 0) is 93.1 Å². The predicted octanol–water partition coefficient (Wildman–Crippen LogP) is 13.0. The molecule has 0 aliphatic rings. The predicted molar refractivity (Wildman–Crippen MR) is 233 cm³/mol. The van der Waals surface area contributed by atoms with Crippen molar-refractivity contribution >= 4 is 11.0 Å². The molecule has 0 atom stereocenters. The van der Waals surface area contributed by atoms with Gasteiger partial charge in [-0.2, -0.15) is 0 Å². The van der Waals surface area contributed by atoms with E-state index >= 15 is 0 Å². The maximum Gasteiger partial charge on any atom is 0.144 e. The third-order valence-corrected chi connectivity index (χ3v) is 10.9. The van der Waals surface area contributed by atoms with E-state index in [1.807, 2.05) is 30.6 Å². The molecule has 0 fully saturated rings. The molecular weight excluding hydrogens is 685 g/mol. The molecule has 8 aromatic rings. The largest absolute Gasteiger partial charge is 0.507 e. The van der Waals surface area contributed by atoms with Crippen molar-refractivity contribution in [1.29, 1.82) is 0 Å². The van der Waals surface area contributed by atoms with Crippen molar-refractivity contribution < 1.29 is 5.11 Å². The van der Waals surface area contributed by atoms with E-state index in [9.17, 15) is 5.11 Å². The first kappa shape index (κ1) is 36.6. The molecule has 3 aromatic heterocycles. The number of pyridine rings is 2. The zero-order valence-electron chi connectivity index (χ0n) is 33.5. The van der Waals surface area contributed by atoms with Crippen LogP contribution in [0.3, 0.4) is 0 Å². The van der Waals surface area contributed by atoms with Crippen molar-refractivity contribution in [3.8, 4) is 72.9 Å². The summed E-state index contributed by atoms with van der Waals surface area (Å²) in [5.41, 5.74) is 15.8. The Kier molecular flexibility index (Phi) is 9.20. The van der Waals surface area contributed by atoms with Gasteiger partial charge >= 0.3 is 0 Å². The Morgan fingerprint density at radius 3 is 1.86 bits per heavy atom. The number of benzene rings is 5. The number of hydrogen-bond donors (Lipinski definition) is 1. The highest BCUT2D eigenvalue weighted by atomic mass is 16.3. The lowest BCUT2D eigenvalue weighted by atomic mass is 9.79. The molecule has 0 saturated heterocycles. The van der Waals surface area contributed by atoms with Gasteiger partial charge in [-0.15, -0.1) is 0 Å². The second-order valence-electron chi connectivity index (χ2n) is 16.9. The summed E-state index contributed by atoms with van der Waals surface area (Å²) in [5.74, 6) is 0.972. The highest BCUT2D eigenvalue weighted by Crippen LogP contribution is 2.45. The zero-order valence-corrected chi connectivity index (χ0v) is 33.5. The van der Waals surface area contributed by atoms with Gasteiger partial charge in [0.05, 0.1) is 22.3 Å². The van der Waals surface area contributed by atoms with E-state index in [1.165, 1.54) is 0 Å². The summed E-state index contributed by atoms with van der Waals surface area (Å²) in [5, 5.41) is 12.1. The van der Waals surface area contributed by atoms with E-state index < -0.39 is 0 Å². The molecule has 3 heterocycles. The Balaban J connectivity index is 1.42. The van der Waals surface area contributed by atoms with Gasteiger partial charge in [0.15, 0.2) is 0 Å². The van der Waals surface area contributed by atoms with Crippen LogP contribution in [0.1, 0.15) is 58.2 Å². The first-order valence-corrected chi connectivity index (χ1v) is 19.3. The first-order chi connectivity index (χ1) is 26.8. The van der Waals surface area contributed by atoms with E-state index in [0.717, 1.165) is 89.1 Å². The molecule has 1 N–H and O–H groups in total. The fraction of sp³-hybridized carbons (Fsp3) is 0.196. The van der Waals surface area contributed by atoms with Crippen molar-refractivity contribution in [3.63, 3.8) is 0 Å². The van der Waals surface area contributed by atoms with Crippen LogP contribution in [0.5, 0.6) is 5.75 Å². The summed E-state index contributed by atoms with van der Waals surface area (Å²) >= 11 is 0. The lowest BCUT2D eigenvalue weighted by molar-refractivity contribution is 0.446. The van der Waals surface area contributed by atoms with Crippen LogP contribution in [0.15, 0.2) is 140 Å². The quantitative estimate of drug-likeness (QED) is 0.185. The maximum atomic E-state index is 12.1. The van der Waals surface area contributed by atoms with Crippen molar-refractivity contribution in [1.82, 2.24) is 19.5 Å². The van der Waals surface area contributed by atoms with E-state index in [2.05, 4.69) is 168 Å². The normalized spacial score (nSPS) is 12.0. The third kappa shape index (κ3) is 6.79. The van der Waals surface area contributed by atoms with E-state index in [-0.39, 0.29) is 16.6 Å². The van der Waals surface area contributed by atoms with Crippen LogP contribution in [0.2, 0.25) is 0 Å². The molecule has 0 aliphatic carbocycles. The van der Waals surface area contributed by atoms with Crippen molar-refractivity contribution in [3.05, 3.63) is 157 Å². The number of aromatic nitrogens is 4. The number of fused-ring (bicyclic) bond motifs is 1. The summed E-state index contributed by atoms with van der Waals surface area (Å²) in [6, 6.07) is 42.6. The molecule has 5 nitrogen and oxygen atoms in total.